The van der Waals surface area contributed by atoms with Crippen LogP contribution in [0.2, 0.25) is 0 Å². The maximum atomic E-state index is 12.6. The summed E-state index contributed by atoms with van der Waals surface area (Å²) in [5.41, 5.74) is 4.93. The zero-order chi connectivity index (χ0) is 15.6. The molecule has 0 unspecified atom stereocenters. The molecule has 4 heterocycles. The van der Waals surface area contributed by atoms with E-state index in [2.05, 4.69) is 21.1 Å². The predicted molar refractivity (Wildman–Crippen MR) is 81.6 cm³/mol. The second-order valence-corrected chi connectivity index (χ2v) is 6.00. The van der Waals surface area contributed by atoms with E-state index in [0.29, 0.717) is 19.5 Å². The minimum absolute atomic E-state index is 0.0542. The maximum absolute atomic E-state index is 12.6. The van der Waals surface area contributed by atoms with Gasteiger partial charge in [0.25, 0.3) is 0 Å². The first-order chi connectivity index (χ1) is 11.3. The summed E-state index contributed by atoms with van der Waals surface area (Å²) in [6, 6.07) is 3.99. The summed E-state index contributed by atoms with van der Waals surface area (Å²) in [6.45, 7) is 0.970. The van der Waals surface area contributed by atoms with E-state index >= 15 is 0 Å². The maximum Gasteiger partial charge on any atom is 0.345 e. The van der Waals surface area contributed by atoms with E-state index in [1.165, 1.54) is 4.68 Å². The highest BCUT2D eigenvalue weighted by molar-refractivity contribution is 5.99. The first-order valence-corrected chi connectivity index (χ1v) is 7.47. The first-order valence-electron chi connectivity index (χ1n) is 7.47. The molecule has 7 heteroatoms. The van der Waals surface area contributed by atoms with Crippen LogP contribution in [0.3, 0.4) is 0 Å². The van der Waals surface area contributed by atoms with E-state index in [0.717, 1.165) is 33.4 Å². The Hall–Kier alpha value is -3.14. The van der Waals surface area contributed by atoms with Gasteiger partial charge in [-0.3, -0.25) is 0 Å². The van der Waals surface area contributed by atoms with Gasteiger partial charge < -0.3 is 9.88 Å². The van der Waals surface area contributed by atoms with Crippen molar-refractivity contribution in [2.24, 2.45) is 5.92 Å². The summed E-state index contributed by atoms with van der Waals surface area (Å²) >= 11 is 0. The zero-order valence-corrected chi connectivity index (χ0v) is 12.2. The molecule has 1 N–H and O–H groups in total. The van der Waals surface area contributed by atoms with Crippen molar-refractivity contribution in [1.29, 1.82) is 5.26 Å². The Morgan fingerprint density at radius 3 is 3.09 bits per heavy atom. The average molecular weight is 304 g/mol. The molecule has 7 nitrogen and oxygen atoms in total. The van der Waals surface area contributed by atoms with Crippen molar-refractivity contribution in [1.82, 2.24) is 24.6 Å². The van der Waals surface area contributed by atoms with Gasteiger partial charge in [-0.2, -0.15) is 15.0 Å². The summed E-state index contributed by atoms with van der Waals surface area (Å²) < 4.78 is 1.48. The van der Waals surface area contributed by atoms with Crippen molar-refractivity contribution in [2.75, 3.05) is 13.1 Å². The number of aromatic amines is 1. The van der Waals surface area contributed by atoms with Gasteiger partial charge in [-0.25, -0.2) is 9.78 Å². The van der Waals surface area contributed by atoms with E-state index in [-0.39, 0.29) is 11.9 Å². The molecule has 1 aliphatic heterocycles. The van der Waals surface area contributed by atoms with Crippen LogP contribution in [0.1, 0.15) is 11.3 Å². The third-order valence-corrected chi connectivity index (χ3v) is 4.69. The molecule has 5 rings (SSSR count). The fourth-order valence-corrected chi connectivity index (χ4v) is 3.45. The molecule has 0 bridgehead atoms. The van der Waals surface area contributed by atoms with Crippen LogP contribution in [0.5, 0.6) is 0 Å². The third-order valence-electron chi connectivity index (χ3n) is 4.69. The number of nitrogens with zero attached hydrogens (tertiary/aromatic N) is 5. The van der Waals surface area contributed by atoms with Gasteiger partial charge in [-0.05, 0) is 17.2 Å². The molecule has 1 amide bonds. The number of fused-ring (bicyclic) bond motifs is 2. The Labute approximate surface area is 131 Å². The van der Waals surface area contributed by atoms with Gasteiger partial charge in [-0.1, -0.05) is 0 Å². The van der Waals surface area contributed by atoms with Crippen molar-refractivity contribution < 1.29 is 4.79 Å². The molecule has 0 spiro atoms. The molecule has 0 atom stereocenters. The number of aromatic nitrogens is 4. The van der Waals surface area contributed by atoms with Crippen LogP contribution in [0.15, 0.2) is 24.7 Å². The largest absolute Gasteiger partial charge is 0.346 e. The van der Waals surface area contributed by atoms with E-state index in [1.807, 2.05) is 12.3 Å². The summed E-state index contributed by atoms with van der Waals surface area (Å²) in [7, 11) is 0. The monoisotopic (exact) mass is 304 g/mol. The Morgan fingerprint density at radius 1 is 1.39 bits per heavy atom. The molecule has 0 radical (unpaired) electrons. The first kappa shape index (κ1) is 12.4. The van der Waals surface area contributed by atoms with Gasteiger partial charge in [0, 0.05) is 42.9 Å². The fraction of sp³-hybridized carbons (Fsp3) is 0.250. The normalized spacial score (nSPS) is 16.0. The van der Waals surface area contributed by atoms with Gasteiger partial charge >= 0.3 is 6.03 Å². The molecule has 23 heavy (non-hydrogen) atoms. The summed E-state index contributed by atoms with van der Waals surface area (Å²) in [5, 5.41) is 14.3. The molecular weight excluding hydrogens is 292 g/mol. The number of carbonyl (C=O) groups is 1. The van der Waals surface area contributed by atoms with E-state index in [4.69, 9.17) is 5.26 Å². The molecule has 112 valence electrons. The van der Waals surface area contributed by atoms with Crippen molar-refractivity contribution >= 4 is 17.1 Å². The summed E-state index contributed by atoms with van der Waals surface area (Å²) in [5.74, 6) is -0.0542. The SMILES string of the molecule is N#CC1CN(C(=O)n2ncc3c2Cc2c[nH]c4nccc-3c24)C1. The van der Waals surface area contributed by atoms with Crippen molar-refractivity contribution in [2.45, 2.75) is 6.42 Å². The molecular formula is C16H12N6O. The lowest BCUT2D eigenvalue weighted by molar-refractivity contribution is 0.142. The Kier molecular flexibility index (Phi) is 2.26. The highest BCUT2D eigenvalue weighted by Gasteiger charge is 2.34. The highest BCUT2D eigenvalue weighted by atomic mass is 16.2. The Balaban J connectivity index is 1.59. The van der Waals surface area contributed by atoms with Crippen LogP contribution in [-0.2, 0) is 6.42 Å². The number of nitriles is 1. The second kappa shape index (κ2) is 4.20. The standard InChI is InChI=1S/C16H12N6O/c17-4-9-7-21(8-9)16(23)22-13-3-10-5-19-15-14(10)11(1-2-18-15)12(13)6-20-22/h1-2,5-6,9H,3,7-8H2,(H,18,19). The lowest BCUT2D eigenvalue weighted by Crippen LogP contribution is -2.51. The number of nitrogens with one attached hydrogen (secondary N) is 1. The van der Waals surface area contributed by atoms with Gasteiger partial charge in [0.1, 0.15) is 5.65 Å². The van der Waals surface area contributed by atoms with Crippen LogP contribution in [-0.4, -0.2) is 43.8 Å². The molecule has 3 aromatic rings. The van der Waals surface area contributed by atoms with Crippen LogP contribution in [0, 0.1) is 17.2 Å². The summed E-state index contributed by atoms with van der Waals surface area (Å²) in [6.07, 6.45) is 6.11. The number of H-pyrrole nitrogens is 1. The van der Waals surface area contributed by atoms with E-state index in [1.54, 1.807) is 17.3 Å². The fourth-order valence-electron chi connectivity index (χ4n) is 3.45. The lowest BCUT2D eigenvalue weighted by Gasteiger charge is -2.35. The third kappa shape index (κ3) is 1.55. The Bertz CT molecular complexity index is 1000. The van der Waals surface area contributed by atoms with E-state index in [9.17, 15) is 4.79 Å². The quantitative estimate of drug-likeness (QED) is 0.536. The molecule has 2 aliphatic rings. The van der Waals surface area contributed by atoms with Gasteiger partial charge in [-0.15, -0.1) is 0 Å². The van der Waals surface area contributed by atoms with Crippen molar-refractivity contribution in [3.63, 3.8) is 0 Å². The van der Waals surface area contributed by atoms with Crippen LogP contribution >= 0.6 is 0 Å². The predicted octanol–water partition coefficient (Wildman–Crippen LogP) is 1.75. The van der Waals surface area contributed by atoms with Gasteiger partial charge in [0.2, 0.25) is 0 Å². The molecule has 0 saturated carbocycles. The van der Waals surface area contributed by atoms with Crippen molar-refractivity contribution in [3.8, 4) is 17.2 Å². The smallest absolute Gasteiger partial charge is 0.345 e. The van der Waals surface area contributed by atoms with Crippen LogP contribution in [0.4, 0.5) is 4.79 Å². The molecule has 0 aromatic carbocycles. The topological polar surface area (TPSA) is 90.6 Å². The minimum atomic E-state index is -0.151. The lowest BCUT2D eigenvalue weighted by atomic mass is 9.92. The second-order valence-electron chi connectivity index (χ2n) is 6.00. The van der Waals surface area contributed by atoms with Gasteiger partial charge in [0.05, 0.1) is 23.9 Å². The number of carbonyl (C=O) groups excluding carboxylic acids is 1. The zero-order valence-electron chi connectivity index (χ0n) is 12.2. The van der Waals surface area contributed by atoms with E-state index < -0.39 is 0 Å². The molecule has 1 fully saturated rings. The number of pyridine rings is 1. The number of hydrogen-bond acceptors (Lipinski definition) is 4. The number of hydrogen-bond donors (Lipinski definition) is 1. The molecule has 1 aliphatic carbocycles. The van der Waals surface area contributed by atoms with Crippen LogP contribution < -0.4 is 0 Å². The number of likely N-dealkylation sites (tertiary alicyclic amines) is 1. The van der Waals surface area contributed by atoms with Crippen LogP contribution in [0.25, 0.3) is 22.2 Å². The number of rotatable bonds is 0. The van der Waals surface area contributed by atoms with Gasteiger partial charge in [0.15, 0.2) is 0 Å². The molecule has 3 aromatic heterocycles. The minimum Gasteiger partial charge on any atom is -0.346 e. The van der Waals surface area contributed by atoms with Crippen molar-refractivity contribution in [3.05, 3.63) is 35.9 Å². The highest BCUT2D eigenvalue weighted by Crippen LogP contribution is 2.38. The summed E-state index contributed by atoms with van der Waals surface area (Å²) in [4.78, 5) is 21.8. The molecule has 1 saturated heterocycles. The Morgan fingerprint density at radius 2 is 2.26 bits per heavy atom. The average Bonchev–Trinajstić information content (AvgIpc) is 3.12. The number of amides is 1.